The van der Waals surface area contributed by atoms with E-state index in [1.165, 1.54) is 6.92 Å². The first kappa shape index (κ1) is 55.9. The van der Waals surface area contributed by atoms with E-state index in [1.807, 2.05) is 39.9 Å². The molecule has 396 valence electrons. The number of aliphatic hydroxyl groups is 2. The van der Waals surface area contributed by atoms with Crippen LogP contribution < -0.4 is 5.32 Å². The van der Waals surface area contributed by atoms with Crippen LogP contribution in [-0.4, -0.2) is 111 Å². The van der Waals surface area contributed by atoms with Crippen LogP contribution in [0, 0.1) is 16.7 Å². The Balaban J connectivity index is 1.44. The molecule has 2 saturated carbocycles. The van der Waals surface area contributed by atoms with Gasteiger partial charge in [0.15, 0.2) is 34.1 Å². The van der Waals surface area contributed by atoms with Gasteiger partial charge in [0.1, 0.15) is 30.0 Å². The lowest BCUT2D eigenvalue weighted by molar-refractivity contribution is -0.344. The number of amides is 1. The number of rotatable bonds is 16. The Bertz CT molecular complexity index is 2550. The molecular formula is C57H77NO13Si2. The van der Waals surface area contributed by atoms with E-state index in [0.29, 0.717) is 16.7 Å². The van der Waals surface area contributed by atoms with Gasteiger partial charge in [-0.1, -0.05) is 122 Å². The molecule has 1 saturated heterocycles. The second-order valence-corrected chi connectivity index (χ2v) is 32.4. The Morgan fingerprint density at radius 1 is 0.849 bits per heavy atom. The van der Waals surface area contributed by atoms with Gasteiger partial charge in [-0.2, -0.15) is 0 Å². The van der Waals surface area contributed by atoms with E-state index in [-0.39, 0.29) is 24.2 Å². The predicted octanol–water partition coefficient (Wildman–Crippen LogP) is 9.22. The number of carbonyl (C=O) groups is 5. The van der Waals surface area contributed by atoms with Crippen molar-refractivity contribution in [1.82, 2.24) is 5.32 Å². The third kappa shape index (κ3) is 9.86. The minimum Gasteiger partial charge on any atom is -0.456 e. The minimum absolute atomic E-state index is 0.0839. The highest BCUT2D eigenvalue weighted by atomic mass is 28.4. The number of ether oxygens (including phenoxy) is 4. The molecule has 3 aliphatic carbocycles. The van der Waals surface area contributed by atoms with Crippen molar-refractivity contribution in [3.63, 3.8) is 0 Å². The molecule has 11 atom stereocenters. The average Bonchev–Trinajstić information content (AvgIpc) is 3.35. The van der Waals surface area contributed by atoms with Crippen molar-refractivity contribution in [2.45, 2.75) is 179 Å². The number of ketones is 1. The van der Waals surface area contributed by atoms with Gasteiger partial charge in [-0.05, 0) is 91.1 Å². The lowest BCUT2D eigenvalue weighted by atomic mass is 9.44. The number of aliphatic hydroxyl groups excluding tert-OH is 1. The van der Waals surface area contributed by atoms with E-state index in [9.17, 15) is 24.6 Å². The van der Waals surface area contributed by atoms with Crippen LogP contribution in [0.2, 0.25) is 36.3 Å². The average molecular weight is 1040 g/mol. The molecule has 73 heavy (non-hydrogen) atoms. The minimum atomic E-state index is -2.90. The summed E-state index contributed by atoms with van der Waals surface area (Å²) >= 11 is 0. The van der Waals surface area contributed by atoms with Crippen LogP contribution in [0.25, 0.3) is 0 Å². The normalized spacial score (nSPS) is 29.7. The topological polar surface area (TPSA) is 193 Å². The first-order valence-corrected chi connectivity index (χ1v) is 31.3. The molecule has 3 aromatic rings. The molecule has 4 aliphatic rings. The summed E-state index contributed by atoms with van der Waals surface area (Å²) < 4.78 is 40.4. The van der Waals surface area contributed by atoms with Gasteiger partial charge in [-0.15, -0.1) is 0 Å². The number of nitrogens with one attached hydrogen (secondary N) is 1. The lowest BCUT2D eigenvalue weighted by Crippen LogP contribution is -2.82. The molecule has 0 aromatic heterocycles. The number of fused-ring (bicyclic) bond motifs is 5. The quantitative estimate of drug-likeness (QED) is 0.0533. The van der Waals surface area contributed by atoms with Crippen molar-refractivity contribution in [3.8, 4) is 0 Å². The zero-order valence-corrected chi connectivity index (χ0v) is 46.9. The third-order valence-electron chi connectivity index (χ3n) is 17.7. The van der Waals surface area contributed by atoms with E-state index in [4.69, 9.17) is 27.8 Å². The van der Waals surface area contributed by atoms with E-state index in [2.05, 4.69) is 26.1 Å². The fraction of sp³-hybridized carbons (Fsp3) is 0.561. The van der Waals surface area contributed by atoms with Crippen LogP contribution in [0.3, 0.4) is 0 Å². The van der Waals surface area contributed by atoms with Gasteiger partial charge in [-0.3, -0.25) is 14.4 Å². The molecule has 1 amide bonds. The second-order valence-electron chi connectivity index (χ2n) is 23.0. The number of benzene rings is 3. The van der Waals surface area contributed by atoms with Gasteiger partial charge in [0.25, 0.3) is 5.91 Å². The molecule has 3 aromatic carbocycles. The van der Waals surface area contributed by atoms with E-state index in [0.717, 1.165) is 18.1 Å². The standard InChI is InChI=1S/C57H77NO13Si2/c1-14-73(15-2,16-3)70-41-32-42-56(34-66-42,69-36(5)59)47-49(68-51(63)39-30-24-19-25-31-39)57(65)33-40(35(4)43(54(57,9)10)45(60)48(61)55(41,47)11)67-52(64)46(71-72(12,13)53(6,7)8)44(37-26-20-17-21-27-37)58-50(62)38-28-22-18-23-29-38/h17-31,40-42,44-47,49,60,65H,14-16,32-34H2,1-13H3,(H,58,62)/t40?,41?,42-,44+,45-,46-,47+,49+,55-,56+,57-/m1/s1. The summed E-state index contributed by atoms with van der Waals surface area (Å²) in [6.45, 7) is 24.0. The van der Waals surface area contributed by atoms with Crippen LogP contribution in [0.4, 0.5) is 0 Å². The molecule has 2 bridgehead atoms. The second kappa shape index (κ2) is 20.7. The summed E-state index contributed by atoms with van der Waals surface area (Å²) in [4.78, 5) is 74.0. The summed E-state index contributed by atoms with van der Waals surface area (Å²) in [7, 11) is -5.50. The monoisotopic (exact) mass is 1040 g/mol. The number of hydrogen-bond donors (Lipinski definition) is 3. The van der Waals surface area contributed by atoms with Crippen LogP contribution in [0.5, 0.6) is 0 Å². The van der Waals surface area contributed by atoms with E-state index in [1.54, 1.807) is 113 Å². The molecule has 2 unspecified atom stereocenters. The largest absolute Gasteiger partial charge is 0.456 e. The highest BCUT2D eigenvalue weighted by Crippen LogP contribution is 2.65. The van der Waals surface area contributed by atoms with Crippen LogP contribution >= 0.6 is 0 Å². The maximum absolute atomic E-state index is 16.1. The summed E-state index contributed by atoms with van der Waals surface area (Å²) in [6, 6.07) is 26.9. The lowest BCUT2D eigenvalue weighted by Gasteiger charge is -2.68. The third-order valence-corrected chi connectivity index (χ3v) is 26.8. The predicted molar refractivity (Wildman–Crippen MR) is 280 cm³/mol. The Labute approximate surface area is 433 Å². The molecule has 14 nitrogen and oxygen atoms in total. The van der Waals surface area contributed by atoms with Gasteiger partial charge in [0, 0.05) is 30.7 Å². The molecule has 1 aliphatic heterocycles. The maximum atomic E-state index is 16.1. The summed E-state index contributed by atoms with van der Waals surface area (Å²) in [5.74, 6) is -4.91. The Hall–Kier alpha value is -4.82. The summed E-state index contributed by atoms with van der Waals surface area (Å²) in [6.07, 6.45) is -8.52. The van der Waals surface area contributed by atoms with Gasteiger partial charge in [0.2, 0.25) is 0 Å². The smallest absolute Gasteiger partial charge is 0.338 e. The van der Waals surface area contributed by atoms with Crippen LogP contribution in [0.1, 0.15) is 121 Å². The SMILES string of the molecule is CC[Si](CC)(CC)OC1C[C@H]2OC[C@@]2(OC(C)=O)[C@H]2[C@H](OC(=O)c3ccccc3)[C@]3(O)CC(OC(=O)[C@H](O[Si](C)(C)C(C)(C)C)[C@@H](NC(=O)c4ccccc4)c4ccccc4)C(C)=C([C@@H](O)C(=O)[C@]12C)C3(C)C. The summed E-state index contributed by atoms with van der Waals surface area (Å²) in [5.41, 5.74) is -5.85. The molecule has 0 spiro atoms. The Morgan fingerprint density at radius 2 is 1.40 bits per heavy atom. The highest BCUT2D eigenvalue weighted by molar-refractivity contribution is 6.74. The molecule has 3 N–H and O–H groups in total. The van der Waals surface area contributed by atoms with Crippen LogP contribution in [0.15, 0.2) is 102 Å². The van der Waals surface area contributed by atoms with Gasteiger partial charge in [0.05, 0.1) is 35.6 Å². The molecule has 7 rings (SSSR count). The Morgan fingerprint density at radius 3 is 1.90 bits per heavy atom. The van der Waals surface area contributed by atoms with E-state index < -0.39 is 128 Å². The van der Waals surface area contributed by atoms with Crippen molar-refractivity contribution in [2.75, 3.05) is 6.61 Å². The molecule has 16 heteroatoms. The molecule has 1 heterocycles. The summed E-state index contributed by atoms with van der Waals surface area (Å²) in [5, 5.41) is 29.9. The van der Waals surface area contributed by atoms with Gasteiger partial charge >= 0.3 is 17.9 Å². The number of hydrogen-bond acceptors (Lipinski definition) is 13. The van der Waals surface area contributed by atoms with Crippen LogP contribution in [-0.2, 0) is 42.2 Å². The van der Waals surface area contributed by atoms with Gasteiger partial charge < -0.3 is 43.3 Å². The number of Topliss-reactive ketones (excluding diaryl/α,β-unsaturated/α-hetero) is 1. The fourth-order valence-corrected chi connectivity index (χ4v) is 16.2. The van der Waals surface area contributed by atoms with E-state index >= 15 is 9.59 Å². The van der Waals surface area contributed by atoms with Crippen molar-refractivity contribution in [2.24, 2.45) is 16.7 Å². The highest BCUT2D eigenvalue weighted by Gasteiger charge is 2.78. The first-order valence-electron chi connectivity index (χ1n) is 25.9. The number of carbonyl (C=O) groups excluding carboxylic acids is 5. The molecule has 3 fully saturated rings. The maximum Gasteiger partial charge on any atom is 0.338 e. The number of esters is 3. The fourth-order valence-electron chi connectivity index (χ4n) is 12.0. The van der Waals surface area contributed by atoms with Crippen molar-refractivity contribution < 1.29 is 62.0 Å². The van der Waals surface area contributed by atoms with Gasteiger partial charge in [-0.25, -0.2) is 9.59 Å². The zero-order valence-electron chi connectivity index (χ0n) is 44.9. The van der Waals surface area contributed by atoms with Crippen molar-refractivity contribution >= 4 is 46.2 Å². The molecule has 0 radical (unpaired) electrons. The van der Waals surface area contributed by atoms with Crippen molar-refractivity contribution in [3.05, 3.63) is 119 Å². The first-order chi connectivity index (χ1) is 34.2. The zero-order chi connectivity index (χ0) is 53.7. The molecular weight excluding hydrogens is 963 g/mol. The Kier molecular flexibility index (Phi) is 15.9. The van der Waals surface area contributed by atoms with Crippen molar-refractivity contribution in [1.29, 1.82) is 0 Å².